The van der Waals surface area contributed by atoms with Crippen LogP contribution in [-0.4, -0.2) is 31.8 Å². The molecule has 32 heavy (non-hydrogen) atoms. The molecule has 0 bridgehead atoms. The van der Waals surface area contributed by atoms with Crippen molar-refractivity contribution < 1.29 is 24.1 Å². The molecule has 0 aromatic heterocycles. The molecule has 0 aliphatic carbocycles. The molecule has 168 valence electrons. The van der Waals surface area contributed by atoms with Crippen molar-refractivity contribution in [2.75, 3.05) is 20.8 Å². The number of methoxy groups -OCH3 is 2. The zero-order valence-corrected chi connectivity index (χ0v) is 19.6. The van der Waals surface area contributed by atoms with Gasteiger partial charge >= 0.3 is 0 Å². The van der Waals surface area contributed by atoms with Crippen LogP contribution in [0.15, 0.2) is 65.1 Å². The van der Waals surface area contributed by atoms with Gasteiger partial charge in [-0.2, -0.15) is 0 Å². The number of benzene rings is 3. The minimum absolute atomic E-state index is 0.0925. The SMILES string of the molecule is COc1cc(CCNC(=O)Cc2ccc(OC)c(OCc3ccccc3)c2Br)ccc1O. The Morgan fingerprint density at radius 3 is 2.44 bits per heavy atom. The first-order chi connectivity index (χ1) is 15.5. The summed E-state index contributed by atoms with van der Waals surface area (Å²) >= 11 is 3.58. The summed E-state index contributed by atoms with van der Waals surface area (Å²) in [5.74, 6) is 1.57. The molecule has 0 aliphatic heterocycles. The highest BCUT2D eigenvalue weighted by Crippen LogP contribution is 2.38. The minimum atomic E-state index is -0.101. The average molecular weight is 500 g/mol. The summed E-state index contributed by atoms with van der Waals surface area (Å²) in [6.45, 7) is 0.861. The first-order valence-electron chi connectivity index (χ1n) is 10.2. The van der Waals surface area contributed by atoms with E-state index in [4.69, 9.17) is 14.2 Å². The third-order valence-electron chi connectivity index (χ3n) is 4.92. The molecule has 0 saturated carbocycles. The van der Waals surface area contributed by atoms with Gasteiger partial charge < -0.3 is 24.6 Å². The Kier molecular flexibility index (Phi) is 8.39. The Morgan fingerprint density at radius 1 is 0.969 bits per heavy atom. The van der Waals surface area contributed by atoms with E-state index in [0.29, 0.717) is 41.3 Å². The molecule has 0 heterocycles. The van der Waals surface area contributed by atoms with Crippen LogP contribution in [0.25, 0.3) is 0 Å². The topological polar surface area (TPSA) is 77.0 Å². The lowest BCUT2D eigenvalue weighted by Gasteiger charge is -2.15. The van der Waals surface area contributed by atoms with Crippen molar-refractivity contribution >= 4 is 21.8 Å². The van der Waals surface area contributed by atoms with E-state index in [-0.39, 0.29) is 18.1 Å². The third-order valence-corrected chi connectivity index (χ3v) is 5.79. The summed E-state index contributed by atoms with van der Waals surface area (Å²) in [6.07, 6.45) is 0.822. The van der Waals surface area contributed by atoms with E-state index in [1.807, 2.05) is 36.4 Å². The maximum atomic E-state index is 12.5. The van der Waals surface area contributed by atoms with Crippen LogP contribution in [0.5, 0.6) is 23.0 Å². The lowest BCUT2D eigenvalue weighted by molar-refractivity contribution is -0.120. The largest absolute Gasteiger partial charge is 0.504 e. The number of phenolic OH excluding ortho intramolecular Hbond substituents is 1. The van der Waals surface area contributed by atoms with Gasteiger partial charge in [-0.1, -0.05) is 42.5 Å². The van der Waals surface area contributed by atoms with Crippen LogP contribution in [-0.2, 0) is 24.2 Å². The van der Waals surface area contributed by atoms with Crippen molar-refractivity contribution in [3.63, 3.8) is 0 Å². The van der Waals surface area contributed by atoms with Crippen LogP contribution < -0.4 is 19.5 Å². The molecule has 7 heteroatoms. The number of hydrogen-bond donors (Lipinski definition) is 2. The maximum absolute atomic E-state index is 12.5. The van der Waals surface area contributed by atoms with Gasteiger partial charge in [0.25, 0.3) is 0 Å². The molecule has 3 rings (SSSR count). The zero-order chi connectivity index (χ0) is 22.9. The van der Waals surface area contributed by atoms with Gasteiger partial charge in [0.1, 0.15) is 6.61 Å². The van der Waals surface area contributed by atoms with Crippen LogP contribution >= 0.6 is 15.9 Å². The molecular weight excluding hydrogens is 474 g/mol. The molecular formula is C25H26BrNO5. The second-order valence-electron chi connectivity index (χ2n) is 7.13. The number of amides is 1. The predicted molar refractivity (Wildman–Crippen MR) is 127 cm³/mol. The van der Waals surface area contributed by atoms with Crippen molar-refractivity contribution in [1.82, 2.24) is 5.32 Å². The van der Waals surface area contributed by atoms with Crippen LogP contribution in [0.2, 0.25) is 0 Å². The normalized spacial score (nSPS) is 10.5. The van der Waals surface area contributed by atoms with E-state index in [1.165, 1.54) is 7.11 Å². The van der Waals surface area contributed by atoms with Gasteiger partial charge in [-0.05, 0) is 57.2 Å². The fourth-order valence-electron chi connectivity index (χ4n) is 3.20. The number of aromatic hydroxyl groups is 1. The molecule has 0 spiro atoms. The molecule has 0 atom stereocenters. The summed E-state index contributed by atoms with van der Waals surface area (Å²) < 4.78 is 17.3. The summed E-state index contributed by atoms with van der Waals surface area (Å²) in [4.78, 5) is 12.5. The first kappa shape index (κ1) is 23.5. The second-order valence-corrected chi connectivity index (χ2v) is 7.92. The summed E-state index contributed by atoms with van der Waals surface area (Å²) in [6, 6.07) is 18.7. The van der Waals surface area contributed by atoms with E-state index in [2.05, 4.69) is 21.2 Å². The quantitative estimate of drug-likeness (QED) is 0.424. The van der Waals surface area contributed by atoms with E-state index in [0.717, 1.165) is 16.7 Å². The Hall–Kier alpha value is -3.19. The van der Waals surface area contributed by atoms with Crippen molar-refractivity contribution in [1.29, 1.82) is 0 Å². The van der Waals surface area contributed by atoms with Crippen molar-refractivity contribution in [2.45, 2.75) is 19.4 Å². The van der Waals surface area contributed by atoms with E-state index in [1.54, 1.807) is 31.4 Å². The fraction of sp³-hybridized carbons (Fsp3) is 0.240. The number of hydrogen-bond acceptors (Lipinski definition) is 5. The number of halogens is 1. The molecule has 2 N–H and O–H groups in total. The highest BCUT2D eigenvalue weighted by molar-refractivity contribution is 9.10. The van der Waals surface area contributed by atoms with Gasteiger partial charge in [-0.25, -0.2) is 0 Å². The van der Waals surface area contributed by atoms with Gasteiger partial charge in [0.05, 0.1) is 25.1 Å². The Labute approximate surface area is 196 Å². The molecule has 3 aromatic carbocycles. The molecule has 3 aromatic rings. The Bertz CT molecular complexity index is 1060. The van der Waals surface area contributed by atoms with E-state index < -0.39 is 0 Å². The first-order valence-corrected chi connectivity index (χ1v) is 11.0. The highest BCUT2D eigenvalue weighted by atomic mass is 79.9. The van der Waals surface area contributed by atoms with Crippen LogP contribution in [0.1, 0.15) is 16.7 Å². The molecule has 0 aliphatic rings. The van der Waals surface area contributed by atoms with E-state index in [9.17, 15) is 9.90 Å². The maximum Gasteiger partial charge on any atom is 0.224 e. The van der Waals surface area contributed by atoms with Crippen LogP contribution in [0, 0.1) is 0 Å². The van der Waals surface area contributed by atoms with Crippen molar-refractivity contribution in [3.8, 4) is 23.0 Å². The Morgan fingerprint density at radius 2 is 1.72 bits per heavy atom. The molecule has 1 amide bonds. The third kappa shape index (κ3) is 6.17. The van der Waals surface area contributed by atoms with Crippen molar-refractivity contribution in [2.24, 2.45) is 0 Å². The van der Waals surface area contributed by atoms with Gasteiger partial charge in [0.15, 0.2) is 23.0 Å². The highest BCUT2D eigenvalue weighted by Gasteiger charge is 2.16. The van der Waals surface area contributed by atoms with Gasteiger partial charge in [0.2, 0.25) is 5.91 Å². The molecule has 0 saturated heterocycles. The number of carbonyl (C=O) groups excluding carboxylic acids is 1. The molecule has 6 nitrogen and oxygen atoms in total. The van der Waals surface area contributed by atoms with E-state index >= 15 is 0 Å². The van der Waals surface area contributed by atoms with Gasteiger partial charge in [0, 0.05) is 6.54 Å². The average Bonchev–Trinajstić information content (AvgIpc) is 2.81. The second kappa shape index (κ2) is 11.4. The molecule has 0 unspecified atom stereocenters. The summed E-state index contributed by atoms with van der Waals surface area (Å²) in [5.41, 5.74) is 2.80. The zero-order valence-electron chi connectivity index (χ0n) is 18.1. The summed E-state index contributed by atoms with van der Waals surface area (Å²) in [5, 5.41) is 12.6. The number of rotatable bonds is 10. The monoisotopic (exact) mass is 499 g/mol. The van der Waals surface area contributed by atoms with Gasteiger partial charge in [-0.15, -0.1) is 0 Å². The number of ether oxygens (including phenoxy) is 3. The van der Waals surface area contributed by atoms with Crippen LogP contribution in [0.3, 0.4) is 0 Å². The minimum Gasteiger partial charge on any atom is -0.504 e. The predicted octanol–water partition coefficient (Wildman–Crippen LogP) is 4.65. The summed E-state index contributed by atoms with van der Waals surface area (Å²) in [7, 11) is 3.09. The smallest absolute Gasteiger partial charge is 0.224 e. The van der Waals surface area contributed by atoms with Crippen molar-refractivity contribution in [3.05, 3.63) is 81.8 Å². The van der Waals surface area contributed by atoms with Gasteiger partial charge in [-0.3, -0.25) is 4.79 Å². The lowest BCUT2D eigenvalue weighted by Crippen LogP contribution is -2.27. The standard InChI is InChI=1S/C25H26BrNO5/c1-30-21-11-9-19(24(26)25(21)32-16-18-6-4-3-5-7-18)15-23(29)27-13-12-17-8-10-20(28)22(14-17)31-2/h3-11,14,28H,12-13,15-16H2,1-2H3,(H,27,29). The number of phenols is 1. The molecule has 0 fully saturated rings. The van der Waals surface area contributed by atoms with Crippen LogP contribution in [0.4, 0.5) is 0 Å². The Balaban J connectivity index is 1.60. The molecule has 0 radical (unpaired) electrons. The number of carbonyl (C=O) groups is 1. The number of nitrogens with one attached hydrogen (secondary N) is 1. The lowest BCUT2D eigenvalue weighted by atomic mass is 10.1. The fourth-order valence-corrected chi connectivity index (χ4v) is 3.78.